The molecule has 1 aliphatic rings. The van der Waals surface area contributed by atoms with Gasteiger partial charge in [0.1, 0.15) is 0 Å². The number of thioether (sulfide) groups is 1. The van der Waals surface area contributed by atoms with Crippen molar-refractivity contribution in [2.75, 3.05) is 0 Å². The molecule has 1 saturated heterocycles. The van der Waals surface area contributed by atoms with Gasteiger partial charge in [-0.3, -0.25) is 20.0 Å². The van der Waals surface area contributed by atoms with Crippen LogP contribution in [0.25, 0.3) is 6.08 Å². The van der Waals surface area contributed by atoms with E-state index in [1.807, 2.05) is 0 Å². The molecule has 1 aliphatic heterocycles. The second-order valence-corrected chi connectivity index (χ2v) is 3.38. The molecule has 0 bridgehead atoms. The van der Waals surface area contributed by atoms with Crippen molar-refractivity contribution in [3.63, 3.8) is 0 Å². The average molecular weight is 195 g/mol. The van der Waals surface area contributed by atoms with Crippen molar-refractivity contribution >= 4 is 29.0 Å². The summed E-state index contributed by atoms with van der Waals surface area (Å²) in [6.45, 7) is 0. The minimum atomic E-state index is -0.357. The maximum atomic E-state index is 11.1. The van der Waals surface area contributed by atoms with Gasteiger partial charge in [0.15, 0.2) is 0 Å². The number of nitrogens with zero attached hydrogens (tertiary/aromatic N) is 1. The fourth-order valence-corrected chi connectivity index (χ4v) is 1.58. The topological polar surface area (TPSA) is 74.8 Å². The number of H-pyrrole nitrogens is 1. The molecule has 0 spiro atoms. The van der Waals surface area contributed by atoms with Crippen LogP contribution in [0, 0.1) is 0 Å². The summed E-state index contributed by atoms with van der Waals surface area (Å²) < 4.78 is 0. The van der Waals surface area contributed by atoms with E-state index in [1.165, 1.54) is 0 Å². The predicted molar refractivity (Wildman–Crippen MR) is 47.7 cm³/mol. The lowest BCUT2D eigenvalue weighted by molar-refractivity contribution is -0.115. The summed E-state index contributed by atoms with van der Waals surface area (Å²) in [7, 11) is 0. The minimum Gasteiger partial charge on any atom is -0.282 e. The summed E-state index contributed by atoms with van der Waals surface area (Å²) in [6.07, 6.45) is 3.16. The van der Waals surface area contributed by atoms with Gasteiger partial charge in [0, 0.05) is 6.20 Å². The molecule has 6 heteroatoms. The number of hydrogen-bond acceptors (Lipinski definition) is 4. The van der Waals surface area contributed by atoms with Crippen molar-refractivity contribution in [3.8, 4) is 0 Å². The molecule has 1 fully saturated rings. The lowest BCUT2D eigenvalue weighted by Gasteiger charge is -1.87. The molecule has 0 unspecified atom stereocenters. The van der Waals surface area contributed by atoms with Crippen LogP contribution < -0.4 is 5.32 Å². The zero-order valence-corrected chi connectivity index (χ0v) is 7.22. The highest BCUT2D eigenvalue weighted by Crippen LogP contribution is 2.24. The highest BCUT2D eigenvalue weighted by Gasteiger charge is 2.24. The second-order valence-electron chi connectivity index (χ2n) is 2.36. The van der Waals surface area contributed by atoms with E-state index in [2.05, 4.69) is 15.5 Å². The maximum Gasteiger partial charge on any atom is 0.290 e. The first-order chi connectivity index (χ1) is 6.25. The molecule has 2 rings (SSSR count). The van der Waals surface area contributed by atoms with Gasteiger partial charge >= 0.3 is 0 Å². The maximum absolute atomic E-state index is 11.1. The Balaban J connectivity index is 2.27. The monoisotopic (exact) mass is 195 g/mol. The summed E-state index contributed by atoms with van der Waals surface area (Å²) in [6, 6.07) is 1.71. The Hall–Kier alpha value is -1.56. The molecule has 2 N–H and O–H groups in total. The molecule has 1 aromatic rings. The largest absolute Gasteiger partial charge is 0.290 e. The molecule has 0 aromatic carbocycles. The molecule has 0 aliphatic carbocycles. The molecule has 5 nitrogen and oxygen atoms in total. The average Bonchev–Trinajstić information content (AvgIpc) is 2.63. The fourth-order valence-electron chi connectivity index (χ4n) is 0.909. The summed E-state index contributed by atoms with van der Waals surface area (Å²) in [5.74, 6) is -0.357. The third-order valence-electron chi connectivity index (χ3n) is 1.45. The Kier molecular flexibility index (Phi) is 1.90. The van der Waals surface area contributed by atoms with E-state index in [0.717, 1.165) is 11.8 Å². The first-order valence-corrected chi connectivity index (χ1v) is 4.31. The fraction of sp³-hybridized carbons (Fsp3) is 0. The van der Waals surface area contributed by atoms with Gasteiger partial charge < -0.3 is 0 Å². The van der Waals surface area contributed by atoms with Crippen LogP contribution in [0.4, 0.5) is 4.79 Å². The number of imide groups is 1. The molecular weight excluding hydrogens is 190 g/mol. The lowest BCUT2D eigenvalue weighted by Crippen LogP contribution is -2.17. The summed E-state index contributed by atoms with van der Waals surface area (Å²) in [5, 5.41) is 8.21. The number of nitrogens with one attached hydrogen (secondary N) is 2. The van der Waals surface area contributed by atoms with Crippen LogP contribution in [-0.2, 0) is 4.79 Å². The van der Waals surface area contributed by atoms with Crippen LogP contribution in [0.3, 0.4) is 0 Å². The zero-order valence-electron chi connectivity index (χ0n) is 6.40. The van der Waals surface area contributed by atoms with E-state index in [0.29, 0.717) is 10.6 Å². The number of amides is 2. The summed E-state index contributed by atoms with van der Waals surface area (Å²) >= 11 is 0.886. The molecule has 1 aromatic heterocycles. The molecule has 0 saturated carbocycles. The molecule has 2 amide bonds. The van der Waals surface area contributed by atoms with Crippen LogP contribution >= 0.6 is 11.8 Å². The Bertz CT molecular complexity index is 382. The van der Waals surface area contributed by atoms with Gasteiger partial charge in [0.05, 0.1) is 10.6 Å². The van der Waals surface area contributed by atoms with E-state index < -0.39 is 0 Å². The quantitative estimate of drug-likeness (QED) is 0.648. The van der Waals surface area contributed by atoms with Gasteiger partial charge in [-0.15, -0.1) is 0 Å². The number of carbonyl (C=O) groups is 2. The Morgan fingerprint density at radius 3 is 2.85 bits per heavy atom. The van der Waals surface area contributed by atoms with E-state index >= 15 is 0 Å². The highest BCUT2D eigenvalue weighted by molar-refractivity contribution is 8.18. The SMILES string of the molecule is O=C1NC(=O)/C(=C/c2ccn[nH]2)S1. The molecular formula is C7H5N3O2S. The van der Waals surface area contributed by atoms with Crippen LogP contribution in [0.1, 0.15) is 5.69 Å². The van der Waals surface area contributed by atoms with E-state index in [-0.39, 0.29) is 11.1 Å². The van der Waals surface area contributed by atoms with Crippen molar-refractivity contribution < 1.29 is 9.59 Å². The first kappa shape index (κ1) is 8.06. The van der Waals surface area contributed by atoms with Crippen molar-refractivity contribution in [1.82, 2.24) is 15.5 Å². The first-order valence-electron chi connectivity index (χ1n) is 3.50. The standard InChI is InChI=1S/C7H5N3O2S/c11-6-5(13-7(12)9-6)3-4-1-2-8-10-4/h1-3H,(H,8,10)(H,9,11,12)/b5-3-. The number of carbonyl (C=O) groups excluding carboxylic acids is 2. The van der Waals surface area contributed by atoms with Gasteiger partial charge in [0.2, 0.25) is 0 Å². The van der Waals surface area contributed by atoms with E-state index in [1.54, 1.807) is 18.3 Å². The Morgan fingerprint density at radius 2 is 2.31 bits per heavy atom. The third kappa shape index (κ3) is 1.62. The van der Waals surface area contributed by atoms with Gasteiger partial charge in [0.25, 0.3) is 11.1 Å². The normalized spacial score (nSPS) is 19.5. The van der Waals surface area contributed by atoms with Crippen molar-refractivity contribution in [2.24, 2.45) is 0 Å². The molecule has 2 heterocycles. The molecule has 13 heavy (non-hydrogen) atoms. The van der Waals surface area contributed by atoms with Crippen LogP contribution in [-0.4, -0.2) is 21.3 Å². The summed E-state index contributed by atoms with van der Waals surface area (Å²) in [4.78, 5) is 22.2. The van der Waals surface area contributed by atoms with Crippen LogP contribution in [0.2, 0.25) is 0 Å². The molecule has 0 atom stereocenters. The van der Waals surface area contributed by atoms with Crippen LogP contribution in [0.15, 0.2) is 17.2 Å². The zero-order chi connectivity index (χ0) is 9.26. The summed E-state index contributed by atoms with van der Waals surface area (Å²) in [5.41, 5.74) is 0.701. The van der Waals surface area contributed by atoms with Crippen LogP contribution in [0.5, 0.6) is 0 Å². The number of aromatic amines is 1. The number of hydrogen-bond donors (Lipinski definition) is 2. The van der Waals surface area contributed by atoms with Crippen molar-refractivity contribution in [3.05, 3.63) is 22.9 Å². The van der Waals surface area contributed by atoms with E-state index in [4.69, 9.17) is 0 Å². The number of aromatic nitrogens is 2. The van der Waals surface area contributed by atoms with Gasteiger partial charge in [-0.05, 0) is 23.9 Å². The van der Waals surface area contributed by atoms with Crippen molar-refractivity contribution in [2.45, 2.75) is 0 Å². The lowest BCUT2D eigenvalue weighted by atomic mass is 10.4. The molecule has 0 radical (unpaired) electrons. The number of rotatable bonds is 1. The highest BCUT2D eigenvalue weighted by atomic mass is 32.2. The third-order valence-corrected chi connectivity index (χ3v) is 2.26. The van der Waals surface area contributed by atoms with Gasteiger partial charge in [-0.1, -0.05) is 0 Å². The smallest absolute Gasteiger partial charge is 0.282 e. The minimum absolute atomic E-state index is 0.337. The Labute approximate surface area is 77.6 Å². The predicted octanol–water partition coefficient (Wildman–Crippen LogP) is 0.734. The van der Waals surface area contributed by atoms with Gasteiger partial charge in [-0.2, -0.15) is 5.10 Å². The molecule has 66 valence electrons. The van der Waals surface area contributed by atoms with E-state index in [9.17, 15) is 9.59 Å². The van der Waals surface area contributed by atoms with Crippen molar-refractivity contribution in [1.29, 1.82) is 0 Å². The Morgan fingerprint density at radius 1 is 1.46 bits per heavy atom. The van der Waals surface area contributed by atoms with Gasteiger partial charge in [-0.25, -0.2) is 0 Å². The second kappa shape index (κ2) is 3.06.